The number of hydrogen-bond donors (Lipinski definition) is 1. The summed E-state index contributed by atoms with van der Waals surface area (Å²) in [6, 6.07) is 3.88. The average molecular weight is 177 g/mol. The monoisotopic (exact) mass is 176 g/mol. The van der Waals surface area contributed by atoms with Gasteiger partial charge in [-0.05, 0) is 12.1 Å². The molecule has 4 heteroatoms. The fourth-order valence-corrected chi connectivity index (χ4v) is 0.788. The Labute approximate surface area is 68.2 Å². The Kier molecular flexibility index (Phi) is 2.54. The highest BCUT2D eigenvalue weighted by Gasteiger charge is 2.05. The molecule has 0 aliphatic carbocycles. The van der Waals surface area contributed by atoms with Crippen molar-refractivity contribution < 1.29 is 14.2 Å². The quantitative estimate of drug-likeness (QED) is 0.700. The summed E-state index contributed by atoms with van der Waals surface area (Å²) in [6.07, 6.45) is 0. The van der Waals surface area contributed by atoms with Crippen LogP contribution in [0.5, 0.6) is 11.5 Å². The van der Waals surface area contributed by atoms with Gasteiger partial charge in [0.05, 0.1) is 0 Å². The van der Waals surface area contributed by atoms with Gasteiger partial charge in [0.15, 0.2) is 23.4 Å². The molecule has 11 heavy (non-hydrogen) atoms. The molecule has 2 nitrogen and oxygen atoms in total. The standard InChI is InChI=1S/C7H6ClFO2/c8-4-11-6-3-1-2-5(9)7(6)10/h1-3,10H,4H2. The van der Waals surface area contributed by atoms with Gasteiger partial charge in [0.2, 0.25) is 0 Å². The average Bonchev–Trinajstić information content (AvgIpc) is 1.99. The number of para-hydroxylation sites is 1. The summed E-state index contributed by atoms with van der Waals surface area (Å²) in [5.41, 5.74) is 0. The molecule has 0 spiro atoms. The highest BCUT2D eigenvalue weighted by atomic mass is 35.5. The third-order valence-corrected chi connectivity index (χ3v) is 1.27. The van der Waals surface area contributed by atoms with E-state index in [9.17, 15) is 4.39 Å². The zero-order valence-corrected chi connectivity index (χ0v) is 6.31. The Balaban J connectivity index is 2.96. The van der Waals surface area contributed by atoms with E-state index in [0.29, 0.717) is 0 Å². The molecule has 0 bridgehead atoms. The van der Waals surface area contributed by atoms with Crippen LogP contribution in [0.3, 0.4) is 0 Å². The van der Waals surface area contributed by atoms with Gasteiger partial charge in [0.25, 0.3) is 0 Å². The lowest BCUT2D eigenvalue weighted by Gasteiger charge is -2.03. The Morgan fingerprint density at radius 2 is 2.27 bits per heavy atom. The molecule has 1 aromatic rings. The van der Waals surface area contributed by atoms with Crippen LogP contribution in [0.25, 0.3) is 0 Å². The lowest BCUT2D eigenvalue weighted by Crippen LogP contribution is -1.90. The summed E-state index contributed by atoms with van der Waals surface area (Å²) in [6.45, 7) is 0. The van der Waals surface area contributed by atoms with Crippen LogP contribution in [0.4, 0.5) is 4.39 Å². The Morgan fingerprint density at radius 1 is 1.55 bits per heavy atom. The maximum atomic E-state index is 12.5. The van der Waals surface area contributed by atoms with Crippen molar-refractivity contribution in [3.63, 3.8) is 0 Å². The van der Waals surface area contributed by atoms with Crippen LogP contribution in [0.2, 0.25) is 0 Å². The van der Waals surface area contributed by atoms with Gasteiger partial charge < -0.3 is 9.84 Å². The van der Waals surface area contributed by atoms with Crippen molar-refractivity contribution in [3.8, 4) is 11.5 Å². The van der Waals surface area contributed by atoms with E-state index in [-0.39, 0.29) is 11.8 Å². The maximum absolute atomic E-state index is 12.5. The highest BCUT2D eigenvalue weighted by molar-refractivity contribution is 6.17. The third kappa shape index (κ3) is 1.74. The number of aromatic hydroxyl groups is 1. The van der Waals surface area contributed by atoms with Crippen LogP contribution in [0, 0.1) is 5.82 Å². The smallest absolute Gasteiger partial charge is 0.194 e. The summed E-state index contributed by atoms with van der Waals surface area (Å²) < 4.78 is 17.2. The van der Waals surface area contributed by atoms with E-state index in [0.717, 1.165) is 6.07 Å². The Bertz CT molecular complexity index is 252. The third-order valence-electron chi connectivity index (χ3n) is 1.16. The van der Waals surface area contributed by atoms with Gasteiger partial charge in [0.1, 0.15) is 0 Å². The molecule has 0 amide bonds. The molecular formula is C7H6ClFO2. The van der Waals surface area contributed by atoms with Crippen LogP contribution in [-0.4, -0.2) is 11.2 Å². The normalized spacial score (nSPS) is 9.64. The second kappa shape index (κ2) is 3.44. The molecule has 0 aromatic heterocycles. The summed E-state index contributed by atoms with van der Waals surface area (Å²) in [4.78, 5) is 0. The minimum Gasteiger partial charge on any atom is -0.502 e. The van der Waals surface area contributed by atoms with Crippen molar-refractivity contribution in [2.45, 2.75) is 0 Å². The van der Waals surface area contributed by atoms with E-state index in [1.165, 1.54) is 12.1 Å². The van der Waals surface area contributed by atoms with Gasteiger partial charge in [-0.3, -0.25) is 0 Å². The van der Waals surface area contributed by atoms with E-state index in [4.69, 9.17) is 21.4 Å². The summed E-state index contributed by atoms with van der Waals surface area (Å²) in [7, 11) is 0. The first-order valence-corrected chi connectivity index (χ1v) is 3.45. The van der Waals surface area contributed by atoms with E-state index >= 15 is 0 Å². The van der Waals surface area contributed by atoms with Crippen molar-refractivity contribution in [1.82, 2.24) is 0 Å². The van der Waals surface area contributed by atoms with Crippen LogP contribution >= 0.6 is 11.6 Å². The summed E-state index contributed by atoms with van der Waals surface area (Å²) in [5, 5.41) is 8.97. The van der Waals surface area contributed by atoms with E-state index in [2.05, 4.69) is 0 Å². The molecular weight excluding hydrogens is 171 g/mol. The van der Waals surface area contributed by atoms with Gasteiger partial charge in [-0.15, -0.1) is 0 Å². The molecule has 0 fully saturated rings. The number of rotatable bonds is 2. The molecule has 0 radical (unpaired) electrons. The Morgan fingerprint density at radius 3 is 2.91 bits per heavy atom. The number of phenolic OH excluding ortho intramolecular Hbond substituents is 1. The molecule has 60 valence electrons. The SMILES string of the molecule is Oc1c(F)cccc1OCCl. The molecule has 1 rings (SSSR count). The minimum absolute atomic E-state index is 0.0556. The topological polar surface area (TPSA) is 29.5 Å². The molecule has 0 saturated heterocycles. The number of alkyl halides is 1. The summed E-state index contributed by atoms with van der Waals surface area (Å²) >= 11 is 5.20. The molecule has 0 aliphatic rings. The first-order chi connectivity index (χ1) is 5.25. The van der Waals surface area contributed by atoms with Crippen LogP contribution in [0.15, 0.2) is 18.2 Å². The minimum atomic E-state index is -0.715. The van der Waals surface area contributed by atoms with Crippen molar-refractivity contribution >= 4 is 11.6 Å². The maximum Gasteiger partial charge on any atom is 0.194 e. The predicted octanol–water partition coefficient (Wildman–Crippen LogP) is 2.11. The Hall–Kier alpha value is -0.960. The van der Waals surface area contributed by atoms with Crippen LogP contribution in [-0.2, 0) is 0 Å². The first kappa shape index (κ1) is 8.14. The number of benzene rings is 1. The van der Waals surface area contributed by atoms with Crippen molar-refractivity contribution in [2.24, 2.45) is 0 Å². The number of phenols is 1. The summed E-state index contributed by atoms with van der Waals surface area (Å²) in [5.74, 6) is -1.17. The lowest BCUT2D eigenvalue weighted by atomic mass is 10.3. The van der Waals surface area contributed by atoms with Crippen molar-refractivity contribution in [1.29, 1.82) is 0 Å². The van der Waals surface area contributed by atoms with Crippen molar-refractivity contribution in [3.05, 3.63) is 24.0 Å². The van der Waals surface area contributed by atoms with Crippen LogP contribution < -0.4 is 4.74 Å². The van der Waals surface area contributed by atoms with Gasteiger partial charge >= 0.3 is 0 Å². The first-order valence-electron chi connectivity index (χ1n) is 2.92. The fourth-order valence-electron chi connectivity index (χ4n) is 0.671. The van der Waals surface area contributed by atoms with Gasteiger partial charge in [-0.25, -0.2) is 4.39 Å². The van der Waals surface area contributed by atoms with Gasteiger partial charge in [-0.2, -0.15) is 0 Å². The predicted molar refractivity (Wildman–Crippen MR) is 39.4 cm³/mol. The zero-order chi connectivity index (χ0) is 8.27. The molecule has 1 aromatic carbocycles. The molecule has 0 atom stereocenters. The largest absolute Gasteiger partial charge is 0.502 e. The van der Waals surface area contributed by atoms with E-state index in [1.54, 1.807) is 0 Å². The lowest BCUT2D eigenvalue weighted by molar-refractivity contribution is 0.342. The fraction of sp³-hybridized carbons (Fsp3) is 0.143. The van der Waals surface area contributed by atoms with Gasteiger partial charge in [0, 0.05) is 0 Å². The zero-order valence-electron chi connectivity index (χ0n) is 5.55. The molecule has 0 aliphatic heterocycles. The van der Waals surface area contributed by atoms with Crippen LogP contribution in [0.1, 0.15) is 0 Å². The molecule has 0 heterocycles. The number of hydrogen-bond acceptors (Lipinski definition) is 2. The molecule has 0 unspecified atom stereocenters. The van der Waals surface area contributed by atoms with Crippen molar-refractivity contribution in [2.75, 3.05) is 6.07 Å². The van der Waals surface area contributed by atoms with Gasteiger partial charge in [-0.1, -0.05) is 17.7 Å². The number of ether oxygens (including phenoxy) is 1. The second-order valence-corrected chi connectivity index (χ2v) is 2.06. The second-order valence-electron chi connectivity index (χ2n) is 1.84. The highest BCUT2D eigenvalue weighted by Crippen LogP contribution is 2.28. The molecule has 0 saturated carbocycles. The van der Waals surface area contributed by atoms with E-state index < -0.39 is 11.6 Å². The van der Waals surface area contributed by atoms with E-state index in [1.807, 2.05) is 0 Å². The number of halogens is 2. The molecule has 1 N–H and O–H groups in total.